The number of rotatable bonds is 13. The standard InChI is InChI=1S/C53H51N7O6/c54-49-47-46(37-15-6-3-7-16-37)48(38-17-8-4-9-18-38)58(50(47)56-33-59(49)39-21-23-40(61)24-22-39)32-36-14-11-13-34(30-36)12-5-1-2-10-29-55-44(62)27-20-35-19-25-41-42(31-35)53(66)60(52(41)65)43-26-28-45(63)57-51(43)64/h3-4,6-9,11,13-19,25,30-31,33,39-40,43,54,61H,1-2,10,20-24,26-29,32H2,(H,55,62)(H,57,63,64). The number of fused-ring (bicyclic) bond motifs is 2. The van der Waals surface area contributed by atoms with Crippen molar-refractivity contribution in [2.75, 3.05) is 6.54 Å². The van der Waals surface area contributed by atoms with Crippen molar-refractivity contribution in [1.82, 2.24) is 29.7 Å². The van der Waals surface area contributed by atoms with E-state index in [0.717, 1.165) is 80.7 Å². The van der Waals surface area contributed by atoms with E-state index in [9.17, 15) is 34.5 Å². The van der Waals surface area contributed by atoms with Gasteiger partial charge in [0.25, 0.3) is 11.8 Å². The number of piperidine rings is 1. The van der Waals surface area contributed by atoms with E-state index in [1.165, 1.54) is 0 Å². The lowest BCUT2D eigenvalue weighted by Gasteiger charge is -2.27. The molecule has 2 aliphatic heterocycles. The first-order valence-electron chi connectivity index (χ1n) is 22.8. The molecule has 334 valence electrons. The van der Waals surface area contributed by atoms with Crippen molar-refractivity contribution in [2.24, 2.45) is 0 Å². The van der Waals surface area contributed by atoms with Gasteiger partial charge in [0.2, 0.25) is 17.7 Å². The third-order valence-electron chi connectivity index (χ3n) is 12.9. The monoisotopic (exact) mass is 881 g/mol. The Morgan fingerprint density at radius 1 is 0.818 bits per heavy atom. The van der Waals surface area contributed by atoms with Gasteiger partial charge in [0, 0.05) is 49.5 Å². The summed E-state index contributed by atoms with van der Waals surface area (Å²) in [6, 6.07) is 32.7. The molecule has 66 heavy (non-hydrogen) atoms. The van der Waals surface area contributed by atoms with Gasteiger partial charge in [0.05, 0.1) is 34.6 Å². The number of hydrogen-bond donors (Lipinski definition) is 4. The molecule has 13 nitrogen and oxygen atoms in total. The number of aliphatic hydroxyl groups is 1. The maximum Gasteiger partial charge on any atom is 0.262 e. The fourth-order valence-electron chi connectivity index (χ4n) is 9.50. The molecule has 1 aliphatic carbocycles. The molecular weight excluding hydrogens is 831 g/mol. The zero-order valence-electron chi connectivity index (χ0n) is 36.6. The van der Waals surface area contributed by atoms with Crippen LogP contribution in [0.5, 0.6) is 0 Å². The number of imide groups is 2. The summed E-state index contributed by atoms with van der Waals surface area (Å²) in [6.07, 6.45) is 7.50. The van der Waals surface area contributed by atoms with Crippen molar-refractivity contribution < 1.29 is 29.1 Å². The van der Waals surface area contributed by atoms with E-state index in [1.807, 2.05) is 59.4 Å². The molecule has 6 aromatic rings. The first-order valence-corrected chi connectivity index (χ1v) is 22.8. The SMILES string of the molecule is N=c1c2c(-c3ccccc3)c(-c3ccccc3)n(Cc3cccc(C#CCCCCNC(=O)CCc4ccc5c(c4)C(=O)N(C4CCC(=O)NC4=O)C5=O)c3)c2ncn1C1CCC(O)CC1. The molecule has 0 bridgehead atoms. The van der Waals surface area contributed by atoms with Crippen LogP contribution in [0.25, 0.3) is 33.4 Å². The van der Waals surface area contributed by atoms with E-state index in [0.29, 0.717) is 44.3 Å². The second-order valence-corrected chi connectivity index (χ2v) is 17.3. The van der Waals surface area contributed by atoms with Crippen molar-refractivity contribution >= 4 is 40.6 Å². The van der Waals surface area contributed by atoms with E-state index >= 15 is 0 Å². The van der Waals surface area contributed by atoms with Gasteiger partial charge in [0.1, 0.15) is 17.2 Å². The van der Waals surface area contributed by atoms with Crippen molar-refractivity contribution in [3.63, 3.8) is 0 Å². The van der Waals surface area contributed by atoms with Crippen LogP contribution in [0.2, 0.25) is 0 Å². The molecule has 4 N–H and O–H groups in total. The maximum absolute atomic E-state index is 13.2. The minimum atomic E-state index is -1.03. The molecule has 9 rings (SSSR count). The Labute approximate surface area is 382 Å². The number of amides is 5. The largest absolute Gasteiger partial charge is 0.393 e. The van der Waals surface area contributed by atoms with Crippen molar-refractivity contribution in [1.29, 1.82) is 5.41 Å². The molecule has 4 aromatic carbocycles. The molecule has 2 fully saturated rings. The first-order chi connectivity index (χ1) is 32.1. The Morgan fingerprint density at radius 3 is 2.32 bits per heavy atom. The summed E-state index contributed by atoms with van der Waals surface area (Å²) in [6.45, 7) is 1.02. The van der Waals surface area contributed by atoms with Gasteiger partial charge in [-0.2, -0.15) is 0 Å². The Bertz CT molecular complexity index is 2980. The van der Waals surface area contributed by atoms with Crippen LogP contribution in [0, 0.1) is 17.3 Å². The quantitative estimate of drug-likeness (QED) is 0.0557. The van der Waals surface area contributed by atoms with Gasteiger partial charge in [-0.3, -0.25) is 39.6 Å². The molecule has 4 heterocycles. The molecule has 0 spiro atoms. The third-order valence-corrected chi connectivity index (χ3v) is 12.9. The number of carbonyl (C=O) groups excluding carboxylic acids is 5. The van der Waals surface area contributed by atoms with Crippen LogP contribution in [0.4, 0.5) is 0 Å². The molecule has 1 atom stereocenters. The molecule has 1 unspecified atom stereocenters. The number of aromatic nitrogens is 3. The Morgan fingerprint density at radius 2 is 1.56 bits per heavy atom. The third kappa shape index (κ3) is 9.10. The number of aliphatic hydroxyl groups excluding tert-OH is 1. The van der Waals surface area contributed by atoms with Gasteiger partial charge >= 0.3 is 0 Å². The summed E-state index contributed by atoms with van der Waals surface area (Å²) in [5, 5.41) is 25.9. The predicted molar refractivity (Wildman–Crippen MR) is 249 cm³/mol. The van der Waals surface area contributed by atoms with Crippen LogP contribution in [0.3, 0.4) is 0 Å². The molecule has 3 aliphatic rings. The fourth-order valence-corrected chi connectivity index (χ4v) is 9.50. The Hall–Kier alpha value is -7.43. The molecule has 5 amide bonds. The smallest absolute Gasteiger partial charge is 0.262 e. The number of hydrogen-bond acceptors (Lipinski definition) is 8. The molecule has 0 radical (unpaired) electrons. The van der Waals surface area contributed by atoms with E-state index in [2.05, 4.69) is 63.4 Å². The number of carbonyl (C=O) groups is 5. The average molecular weight is 882 g/mol. The molecule has 2 aromatic heterocycles. The van der Waals surface area contributed by atoms with Crippen LogP contribution in [0.15, 0.2) is 109 Å². The van der Waals surface area contributed by atoms with E-state index in [4.69, 9.17) is 4.98 Å². The van der Waals surface area contributed by atoms with Gasteiger partial charge < -0.3 is 19.6 Å². The van der Waals surface area contributed by atoms with Crippen molar-refractivity contribution in [3.8, 4) is 34.2 Å². The topological polar surface area (TPSA) is 179 Å². The minimum absolute atomic E-state index is 0.0532. The summed E-state index contributed by atoms with van der Waals surface area (Å²) >= 11 is 0. The highest BCUT2D eigenvalue weighted by atomic mass is 16.3. The summed E-state index contributed by atoms with van der Waals surface area (Å²) < 4.78 is 4.23. The Balaban J connectivity index is 0.827. The highest BCUT2D eigenvalue weighted by Crippen LogP contribution is 2.40. The number of nitrogens with one attached hydrogen (secondary N) is 3. The van der Waals surface area contributed by atoms with Crippen LogP contribution >= 0.6 is 0 Å². The fraction of sp³-hybridized carbons (Fsp3) is 0.302. The summed E-state index contributed by atoms with van der Waals surface area (Å²) in [4.78, 5) is 68.9. The molecule has 1 saturated heterocycles. The predicted octanol–water partition coefficient (Wildman–Crippen LogP) is 6.85. The van der Waals surface area contributed by atoms with Gasteiger partial charge in [-0.05, 0) is 97.9 Å². The summed E-state index contributed by atoms with van der Waals surface area (Å²) in [5.41, 5.74) is 8.28. The lowest BCUT2D eigenvalue weighted by atomic mass is 9.93. The average Bonchev–Trinajstić information content (AvgIpc) is 3.79. The van der Waals surface area contributed by atoms with Crippen LogP contribution in [-0.4, -0.2) is 72.4 Å². The lowest BCUT2D eigenvalue weighted by Crippen LogP contribution is -2.54. The Kier molecular flexibility index (Phi) is 12.8. The van der Waals surface area contributed by atoms with Crippen LogP contribution < -0.4 is 16.1 Å². The summed E-state index contributed by atoms with van der Waals surface area (Å²) in [7, 11) is 0. The van der Waals surface area contributed by atoms with Crippen LogP contribution in [-0.2, 0) is 27.3 Å². The lowest BCUT2D eigenvalue weighted by molar-refractivity contribution is -0.136. The first kappa shape index (κ1) is 43.8. The number of nitrogens with zero attached hydrogens (tertiary/aromatic N) is 4. The number of unbranched alkanes of at least 4 members (excludes halogenated alkanes) is 2. The highest BCUT2D eigenvalue weighted by Gasteiger charge is 2.44. The zero-order chi connectivity index (χ0) is 45.7. The number of benzene rings is 4. The highest BCUT2D eigenvalue weighted by molar-refractivity contribution is 6.23. The van der Waals surface area contributed by atoms with Crippen LogP contribution in [0.1, 0.15) is 108 Å². The van der Waals surface area contributed by atoms with Gasteiger partial charge in [-0.25, -0.2) is 4.98 Å². The minimum Gasteiger partial charge on any atom is -0.393 e. The molecule has 1 saturated carbocycles. The van der Waals surface area contributed by atoms with Gasteiger partial charge in [0.15, 0.2) is 0 Å². The zero-order valence-corrected chi connectivity index (χ0v) is 36.6. The second kappa shape index (κ2) is 19.4. The normalized spacial score (nSPS) is 18.2. The summed E-state index contributed by atoms with van der Waals surface area (Å²) in [5.74, 6) is 4.31. The molecular formula is C53H51N7O6. The van der Waals surface area contributed by atoms with Gasteiger partial charge in [-0.15, -0.1) is 0 Å². The number of aryl methyl sites for hydroxylation is 1. The van der Waals surface area contributed by atoms with E-state index < -0.39 is 29.7 Å². The van der Waals surface area contributed by atoms with Gasteiger partial charge in [-0.1, -0.05) is 90.7 Å². The second-order valence-electron chi connectivity index (χ2n) is 17.3. The van der Waals surface area contributed by atoms with Crippen molar-refractivity contribution in [3.05, 3.63) is 143 Å². The molecule has 13 heteroatoms. The van der Waals surface area contributed by atoms with Crippen molar-refractivity contribution in [2.45, 2.75) is 95.4 Å². The van der Waals surface area contributed by atoms with E-state index in [-0.39, 0.29) is 48.4 Å². The van der Waals surface area contributed by atoms with E-state index in [1.54, 1.807) is 18.2 Å². The maximum atomic E-state index is 13.2.